The molecule has 0 amide bonds. The highest BCUT2D eigenvalue weighted by Crippen LogP contribution is 2.14. The van der Waals surface area contributed by atoms with E-state index in [9.17, 15) is 4.79 Å². The number of aliphatic imine (C=N–C) groups is 1. The van der Waals surface area contributed by atoms with Crippen molar-refractivity contribution in [3.05, 3.63) is 35.9 Å². The molecular formula is C17H26N2O. The molecule has 0 unspecified atom stereocenters. The van der Waals surface area contributed by atoms with E-state index in [0.29, 0.717) is 12.4 Å². The summed E-state index contributed by atoms with van der Waals surface area (Å²) in [6.45, 7) is 12.5. The Kier molecular flexibility index (Phi) is 5.49. The molecule has 1 aromatic carbocycles. The fraction of sp³-hybridized carbons (Fsp3) is 0.529. The summed E-state index contributed by atoms with van der Waals surface area (Å²) in [6.07, 6.45) is 0. The molecule has 0 aromatic heterocycles. The maximum absolute atomic E-state index is 12.0. The third kappa shape index (κ3) is 5.16. The van der Waals surface area contributed by atoms with Crippen LogP contribution in [0.2, 0.25) is 0 Å². The molecule has 1 rings (SSSR count). The van der Waals surface area contributed by atoms with E-state index >= 15 is 0 Å². The summed E-state index contributed by atoms with van der Waals surface area (Å²) in [6, 6.07) is 10.4. The van der Waals surface area contributed by atoms with Crippen molar-refractivity contribution in [1.29, 1.82) is 0 Å². The average molecular weight is 274 g/mol. The Morgan fingerprint density at radius 2 is 1.75 bits per heavy atom. The number of carbonyl (C=O) groups is 1. The first-order valence-corrected chi connectivity index (χ1v) is 7.12. The quantitative estimate of drug-likeness (QED) is 0.619. The molecule has 3 nitrogen and oxygen atoms in total. The Morgan fingerprint density at radius 1 is 1.20 bits per heavy atom. The van der Waals surface area contributed by atoms with Crippen molar-refractivity contribution < 1.29 is 4.79 Å². The van der Waals surface area contributed by atoms with E-state index in [0.717, 1.165) is 0 Å². The molecule has 110 valence electrons. The van der Waals surface area contributed by atoms with E-state index in [1.807, 2.05) is 39.0 Å². The van der Waals surface area contributed by atoms with Crippen LogP contribution in [0.5, 0.6) is 0 Å². The van der Waals surface area contributed by atoms with Crippen LogP contribution in [-0.4, -0.2) is 28.1 Å². The molecule has 3 heteroatoms. The molecular weight excluding hydrogens is 248 g/mol. The molecule has 0 spiro atoms. The second-order valence-electron chi connectivity index (χ2n) is 6.37. The molecule has 0 radical (unpaired) electrons. The normalized spacial score (nSPS) is 12.7. The van der Waals surface area contributed by atoms with Gasteiger partial charge in [-0.25, -0.2) is 0 Å². The van der Waals surface area contributed by atoms with Crippen molar-refractivity contribution in [2.75, 3.05) is 0 Å². The molecule has 0 N–H and O–H groups in total. The van der Waals surface area contributed by atoms with Gasteiger partial charge in [-0.05, 0) is 40.2 Å². The number of ketones is 1. The van der Waals surface area contributed by atoms with Gasteiger partial charge in [-0.2, -0.15) is 0 Å². The number of nitrogens with zero attached hydrogens (tertiary/aromatic N) is 2. The topological polar surface area (TPSA) is 32.7 Å². The molecule has 0 fully saturated rings. The highest BCUT2D eigenvalue weighted by atomic mass is 16.1. The predicted octanol–water partition coefficient (Wildman–Crippen LogP) is 3.68. The molecule has 0 heterocycles. The summed E-state index contributed by atoms with van der Waals surface area (Å²) in [5.74, 6) is 0.584. The van der Waals surface area contributed by atoms with E-state index in [1.54, 1.807) is 6.92 Å². The number of hydrogen-bond acceptors (Lipinski definition) is 2. The van der Waals surface area contributed by atoms with Crippen LogP contribution in [0, 0.1) is 0 Å². The van der Waals surface area contributed by atoms with Crippen LogP contribution < -0.4 is 0 Å². The van der Waals surface area contributed by atoms with Crippen LogP contribution in [0.1, 0.15) is 47.1 Å². The van der Waals surface area contributed by atoms with E-state index in [2.05, 4.69) is 35.9 Å². The van der Waals surface area contributed by atoms with Gasteiger partial charge in [0.2, 0.25) is 0 Å². The zero-order valence-corrected chi connectivity index (χ0v) is 13.5. The van der Waals surface area contributed by atoms with E-state index < -0.39 is 0 Å². The van der Waals surface area contributed by atoms with Crippen LogP contribution in [0.3, 0.4) is 0 Å². The summed E-state index contributed by atoms with van der Waals surface area (Å²) < 4.78 is 0. The van der Waals surface area contributed by atoms with E-state index in [4.69, 9.17) is 0 Å². The number of Topliss-reactive ketones (excluding diaryl/α,β-unsaturated/α-hetero) is 1. The number of amidine groups is 1. The third-order valence-electron chi connectivity index (χ3n) is 2.85. The Labute approximate surface area is 122 Å². The van der Waals surface area contributed by atoms with Gasteiger partial charge in [0.15, 0.2) is 11.6 Å². The average Bonchev–Trinajstić information content (AvgIpc) is 2.33. The predicted molar refractivity (Wildman–Crippen MR) is 85.0 cm³/mol. The van der Waals surface area contributed by atoms with Crippen LogP contribution in [-0.2, 0) is 11.3 Å². The van der Waals surface area contributed by atoms with Gasteiger partial charge in [-0.1, -0.05) is 30.3 Å². The van der Waals surface area contributed by atoms with Crippen LogP contribution >= 0.6 is 0 Å². The number of benzene rings is 1. The highest BCUT2D eigenvalue weighted by Gasteiger charge is 2.22. The van der Waals surface area contributed by atoms with Crippen molar-refractivity contribution in [2.45, 2.75) is 59.7 Å². The molecule has 0 aliphatic carbocycles. The lowest BCUT2D eigenvalue weighted by molar-refractivity contribution is -0.111. The minimum atomic E-state index is -0.259. The molecule has 0 aliphatic rings. The van der Waals surface area contributed by atoms with Gasteiger partial charge in [0, 0.05) is 19.5 Å². The Hall–Kier alpha value is -1.64. The molecule has 0 saturated heterocycles. The maximum atomic E-state index is 12.0. The summed E-state index contributed by atoms with van der Waals surface area (Å²) in [5, 5.41) is 0. The first-order chi connectivity index (χ1) is 9.20. The Morgan fingerprint density at radius 3 is 2.15 bits per heavy atom. The van der Waals surface area contributed by atoms with Crippen LogP contribution in [0.15, 0.2) is 35.3 Å². The summed E-state index contributed by atoms with van der Waals surface area (Å²) in [4.78, 5) is 18.7. The van der Waals surface area contributed by atoms with E-state index in [1.165, 1.54) is 5.56 Å². The number of hydrogen-bond donors (Lipinski definition) is 0. The number of carbonyl (C=O) groups excluding carboxylic acids is 1. The summed E-state index contributed by atoms with van der Waals surface area (Å²) >= 11 is 0. The summed E-state index contributed by atoms with van der Waals surface area (Å²) in [7, 11) is 0. The molecule has 0 aliphatic heterocycles. The Bertz CT molecular complexity index is 470. The van der Waals surface area contributed by atoms with Gasteiger partial charge in [0.05, 0.1) is 5.54 Å². The zero-order chi connectivity index (χ0) is 15.3. The molecule has 0 atom stereocenters. The second-order valence-corrected chi connectivity index (χ2v) is 6.37. The fourth-order valence-electron chi connectivity index (χ4n) is 1.95. The van der Waals surface area contributed by atoms with Crippen LogP contribution in [0.25, 0.3) is 0 Å². The first kappa shape index (κ1) is 16.4. The van der Waals surface area contributed by atoms with Crippen molar-refractivity contribution in [3.8, 4) is 0 Å². The minimum absolute atomic E-state index is 0.0181. The smallest absolute Gasteiger partial charge is 0.194 e. The van der Waals surface area contributed by atoms with Gasteiger partial charge < -0.3 is 4.90 Å². The van der Waals surface area contributed by atoms with Gasteiger partial charge in [0.25, 0.3) is 0 Å². The fourth-order valence-corrected chi connectivity index (χ4v) is 1.95. The lowest BCUT2D eigenvalue weighted by atomic mass is 10.1. The van der Waals surface area contributed by atoms with Gasteiger partial charge >= 0.3 is 0 Å². The minimum Gasteiger partial charge on any atom is -0.347 e. The van der Waals surface area contributed by atoms with E-state index in [-0.39, 0.29) is 17.4 Å². The molecule has 0 saturated carbocycles. The third-order valence-corrected chi connectivity index (χ3v) is 2.85. The lowest BCUT2D eigenvalue weighted by Gasteiger charge is -2.31. The summed E-state index contributed by atoms with van der Waals surface area (Å²) in [5.41, 5.74) is 0.925. The van der Waals surface area contributed by atoms with Gasteiger partial charge in [0.1, 0.15) is 0 Å². The molecule has 1 aromatic rings. The second kappa shape index (κ2) is 6.69. The van der Waals surface area contributed by atoms with Gasteiger partial charge in [-0.15, -0.1) is 0 Å². The SMILES string of the molecule is CC(=O)C(=NC(C)(C)C)N(Cc1ccccc1)C(C)C. The van der Waals surface area contributed by atoms with Crippen LogP contribution in [0.4, 0.5) is 0 Å². The Balaban J connectivity index is 3.10. The van der Waals surface area contributed by atoms with Crippen molar-refractivity contribution in [2.24, 2.45) is 4.99 Å². The standard InChI is InChI=1S/C17H26N2O/c1-13(2)19(12-15-10-8-7-9-11-15)16(14(3)20)18-17(4,5)6/h7-11,13H,12H2,1-6H3. The van der Waals surface area contributed by atoms with Gasteiger partial charge in [-0.3, -0.25) is 9.79 Å². The number of rotatable bonds is 4. The van der Waals surface area contributed by atoms with Crippen molar-refractivity contribution >= 4 is 11.6 Å². The largest absolute Gasteiger partial charge is 0.347 e. The molecule has 0 bridgehead atoms. The lowest BCUT2D eigenvalue weighted by Crippen LogP contribution is -2.41. The highest BCUT2D eigenvalue weighted by molar-refractivity contribution is 6.37. The first-order valence-electron chi connectivity index (χ1n) is 7.12. The monoisotopic (exact) mass is 274 g/mol. The van der Waals surface area contributed by atoms with Crippen molar-refractivity contribution in [1.82, 2.24) is 4.90 Å². The maximum Gasteiger partial charge on any atom is 0.194 e. The molecule has 20 heavy (non-hydrogen) atoms. The zero-order valence-electron chi connectivity index (χ0n) is 13.5. The van der Waals surface area contributed by atoms with Crippen molar-refractivity contribution in [3.63, 3.8) is 0 Å².